The summed E-state index contributed by atoms with van der Waals surface area (Å²) in [6.45, 7) is 0.553. The first-order chi connectivity index (χ1) is 10.3. The maximum Gasteiger partial charge on any atom is 0.309 e. The maximum absolute atomic E-state index is 11.4. The summed E-state index contributed by atoms with van der Waals surface area (Å²) in [5.74, 6) is 0.965. The van der Waals surface area contributed by atoms with E-state index in [1.807, 2.05) is 16.7 Å². The predicted molar refractivity (Wildman–Crippen MR) is 83.2 cm³/mol. The van der Waals surface area contributed by atoms with E-state index in [1.165, 1.54) is 9.95 Å². The normalized spacial score (nSPS) is 11.2. The summed E-state index contributed by atoms with van der Waals surface area (Å²) < 4.78 is 3.37. The quantitative estimate of drug-likeness (QED) is 0.428. The van der Waals surface area contributed by atoms with Gasteiger partial charge in [0.1, 0.15) is 5.65 Å². The summed E-state index contributed by atoms with van der Waals surface area (Å²) in [5.41, 5.74) is 0.891. The first-order valence-electron chi connectivity index (χ1n) is 6.54. The third-order valence-corrected chi connectivity index (χ3v) is 4.86. The largest absolute Gasteiger partial charge is 0.494 e. The van der Waals surface area contributed by atoms with Gasteiger partial charge in [0.2, 0.25) is 5.88 Å². The third-order valence-electron chi connectivity index (χ3n) is 3.05. The first kappa shape index (κ1) is 14.2. The van der Waals surface area contributed by atoms with Crippen molar-refractivity contribution in [2.45, 2.75) is 24.5 Å². The summed E-state index contributed by atoms with van der Waals surface area (Å²) >= 11 is 2.69. The molecule has 3 rings (SSSR count). The predicted octanol–water partition coefficient (Wildman–Crippen LogP) is 2.23. The Morgan fingerprint density at radius 1 is 1.29 bits per heavy atom. The SMILES string of the molecule is O=c1scc(O)n1CCCCSc1nccc2nccn12. The monoisotopic (exact) mass is 322 g/mol. The highest BCUT2D eigenvalue weighted by Crippen LogP contribution is 2.18. The zero-order chi connectivity index (χ0) is 14.7. The second-order valence-electron chi connectivity index (χ2n) is 4.45. The minimum atomic E-state index is -0.106. The Morgan fingerprint density at radius 2 is 2.19 bits per heavy atom. The van der Waals surface area contributed by atoms with Gasteiger partial charge in [0.05, 0.1) is 5.38 Å². The molecule has 0 unspecified atom stereocenters. The molecule has 3 aromatic rings. The molecule has 3 aromatic heterocycles. The zero-order valence-corrected chi connectivity index (χ0v) is 12.8. The van der Waals surface area contributed by atoms with Gasteiger partial charge in [-0.25, -0.2) is 9.97 Å². The minimum Gasteiger partial charge on any atom is -0.494 e. The Morgan fingerprint density at radius 3 is 3.00 bits per heavy atom. The van der Waals surface area contributed by atoms with Crippen LogP contribution in [0.5, 0.6) is 5.88 Å². The van der Waals surface area contributed by atoms with Crippen LogP contribution in [0.4, 0.5) is 0 Å². The van der Waals surface area contributed by atoms with Gasteiger partial charge in [-0.05, 0) is 18.9 Å². The van der Waals surface area contributed by atoms with Crippen molar-refractivity contribution >= 4 is 28.7 Å². The molecule has 110 valence electrons. The Labute approximate surface area is 129 Å². The number of unbranched alkanes of at least 4 members (excludes halogenated alkanes) is 1. The van der Waals surface area contributed by atoms with Gasteiger partial charge >= 0.3 is 4.87 Å². The smallest absolute Gasteiger partial charge is 0.309 e. The van der Waals surface area contributed by atoms with Gasteiger partial charge < -0.3 is 5.11 Å². The summed E-state index contributed by atoms with van der Waals surface area (Å²) in [6, 6.07) is 1.87. The average molecular weight is 322 g/mol. The molecule has 0 aliphatic rings. The summed E-state index contributed by atoms with van der Waals surface area (Å²) in [5, 5.41) is 11.9. The highest BCUT2D eigenvalue weighted by Gasteiger charge is 2.05. The van der Waals surface area contributed by atoms with E-state index in [9.17, 15) is 9.90 Å². The molecule has 0 radical (unpaired) electrons. The second-order valence-corrected chi connectivity index (χ2v) is 6.33. The van der Waals surface area contributed by atoms with Crippen LogP contribution in [-0.4, -0.2) is 29.8 Å². The van der Waals surface area contributed by atoms with Crippen LogP contribution in [0.15, 0.2) is 40.0 Å². The molecule has 0 saturated carbocycles. The topological polar surface area (TPSA) is 72.4 Å². The number of aromatic nitrogens is 4. The van der Waals surface area contributed by atoms with Crippen molar-refractivity contribution in [1.29, 1.82) is 0 Å². The molecule has 0 aromatic carbocycles. The molecular formula is C13H14N4O2S2. The molecule has 0 aliphatic carbocycles. The van der Waals surface area contributed by atoms with Gasteiger partial charge in [-0.3, -0.25) is 13.8 Å². The van der Waals surface area contributed by atoms with E-state index in [4.69, 9.17) is 0 Å². The number of thiazole rings is 1. The molecule has 6 nitrogen and oxygen atoms in total. The van der Waals surface area contributed by atoms with Crippen molar-refractivity contribution in [1.82, 2.24) is 18.9 Å². The Balaban J connectivity index is 1.51. The van der Waals surface area contributed by atoms with Crippen molar-refractivity contribution < 1.29 is 5.11 Å². The average Bonchev–Trinajstić information content (AvgIpc) is 3.08. The summed E-state index contributed by atoms with van der Waals surface area (Å²) in [4.78, 5) is 19.9. The number of aromatic hydroxyl groups is 1. The minimum absolute atomic E-state index is 0.0579. The van der Waals surface area contributed by atoms with E-state index in [1.54, 1.807) is 24.2 Å². The van der Waals surface area contributed by atoms with Gasteiger partial charge in [0, 0.05) is 30.9 Å². The van der Waals surface area contributed by atoms with Crippen LogP contribution in [0.25, 0.3) is 5.65 Å². The summed E-state index contributed by atoms with van der Waals surface area (Å²) in [7, 11) is 0. The number of imidazole rings is 1. The van der Waals surface area contributed by atoms with Gasteiger partial charge in [-0.15, -0.1) is 0 Å². The molecule has 0 aliphatic heterocycles. The second kappa shape index (κ2) is 6.31. The first-order valence-corrected chi connectivity index (χ1v) is 8.40. The lowest BCUT2D eigenvalue weighted by Crippen LogP contribution is -2.12. The number of hydrogen-bond donors (Lipinski definition) is 1. The third kappa shape index (κ3) is 3.11. The van der Waals surface area contributed by atoms with Crippen LogP contribution < -0.4 is 4.87 Å². The molecular weight excluding hydrogens is 308 g/mol. The highest BCUT2D eigenvalue weighted by molar-refractivity contribution is 7.99. The van der Waals surface area contributed by atoms with E-state index in [0.29, 0.717) is 6.54 Å². The standard InChI is InChI=1S/C13H14N4O2S2/c18-11-9-21-13(19)17(11)6-1-2-8-20-12-15-4-3-10-14-5-7-16(10)12/h3-5,7,9,18H,1-2,6,8H2. The van der Waals surface area contributed by atoms with Crippen LogP contribution in [0.1, 0.15) is 12.8 Å². The van der Waals surface area contributed by atoms with Gasteiger partial charge in [0.25, 0.3) is 0 Å². The molecule has 0 saturated heterocycles. The number of hydrogen-bond acceptors (Lipinski definition) is 6. The molecule has 0 bridgehead atoms. The van der Waals surface area contributed by atoms with E-state index in [2.05, 4.69) is 9.97 Å². The Bertz CT molecular complexity index is 793. The van der Waals surface area contributed by atoms with Crippen molar-refractivity contribution in [3.05, 3.63) is 39.7 Å². The molecule has 21 heavy (non-hydrogen) atoms. The van der Waals surface area contributed by atoms with Crippen molar-refractivity contribution in [2.75, 3.05) is 5.75 Å². The fourth-order valence-corrected chi connectivity index (χ4v) is 3.61. The van der Waals surface area contributed by atoms with E-state index >= 15 is 0 Å². The van der Waals surface area contributed by atoms with Crippen LogP contribution in [-0.2, 0) is 6.54 Å². The van der Waals surface area contributed by atoms with Crippen LogP contribution in [0.3, 0.4) is 0 Å². The number of nitrogens with zero attached hydrogens (tertiary/aromatic N) is 4. The molecule has 0 amide bonds. The lowest BCUT2D eigenvalue weighted by molar-refractivity contribution is 0.409. The van der Waals surface area contributed by atoms with Crippen LogP contribution >= 0.6 is 23.1 Å². The fraction of sp³-hybridized carbons (Fsp3) is 0.308. The fourth-order valence-electron chi connectivity index (χ4n) is 2.00. The van der Waals surface area contributed by atoms with Crippen LogP contribution in [0, 0.1) is 0 Å². The zero-order valence-electron chi connectivity index (χ0n) is 11.2. The van der Waals surface area contributed by atoms with Crippen molar-refractivity contribution in [3.63, 3.8) is 0 Å². The van der Waals surface area contributed by atoms with E-state index in [-0.39, 0.29) is 10.8 Å². The molecule has 0 spiro atoms. The Hall–Kier alpha value is -1.80. The van der Waals surface area contributed by atoms with E-state index < -0.39 is 0 Å². The maximum atomic E-state index is 11.4. The molecule has 0 fully saturated rings. The van der Waals surface area contributed by atoms with Gasteiger partial charge in [-0.1, -0.05) is 23.1 Å². The number of thioether (sulfide) groups is 1. The Kier molecular flexibility index (Phi) is 4.26. The number of fused-ring (bicyclic) bond motifs is 1. The molecule has 1 N–H and O–H groups in total. The summed E-state index contributed by atoms with van der Waals surface area (Å²) in [6.07, 6.45) is 7.20. The molecule has 3 heterocycles. The highest BCUT2D eigenvalue weighted by atomic mass is 32.2. The van der Waals surface area contributed by atoms with Crippen LogP contribution in [0.2, 0.25) is 0 Å². The van der Waals surface area contributed by atoms with E-state index in [0.717, 1.165) is 40.7 Å². The van der Waals surface area contributed by atoms with Crippen molar-refractivity contribution in [3.8, 4) is 5.88 Å². The van der Waals surface area contributed by atoms with Gasteiger partial charge in [-0.2, -0.15) is 0 Å². The van der Waals surface area contributed by atoms with Crippen molar-refractivity contribution in [2.24, 2.45) is 0 Å². The molecule has 8 heteroatoms. The lowest BCUT2D eigenvalue weighted by Gasteiger charge is -2.05. The van der Waals surface area contributed by atoms with Gasteiger partial charge in [0.15, 0.2) is 5.16 Å². The number of rotatable bonds is 6. The molecule has 0 atom stereocenters. The lowest BCUT2D eigenvalue weighted by atomic mass is 10.3.